The van der Waals surface area contributed by atoms with Crippen LogP contribution in [-0.4, -0.2) is 53.3 Å². The maximum absolute atomic E-state index is 12.2. The molecule has 0 saturated carbocycles. The summed E-state index contributed by atoms with van der Waals surface area (Å²) < 4.78 is 14.7. The number of benzene rings is 2. The van der Waals surface area contributed by atoms with Crippen LogP contribution in [0.15, 0.2) is 53.4 Å². The summed E-state index contributed by atoms with van der Waals surface area (Å²) >= 11 is 1.08. The van der Waals surface area contributed by atoms with Crippen LogP contribution in [0.3, 0.4) is 0 Å². The molecule has 2 aromatic rings. The van der Waals surface area contributed by atoms with Crippen molar-refractivity contribution in [3.05, 3.63) is 79.9 Å². The molecule has 1 atom stereocenters. The van der Waals surface area contributed by atoms with Crippen LogP contribution in [0.2, 0.25) is 0 Å². The maximum atomic E-state index is 12.2. The largest absolute Gasteiger partial charge is 0.426 e. The second-order valence-electron chi connectivity index (χ2n) is 6.38. The van der Waals surface area contributed by atoms with Crippen LogP contribution in [0, 0.1) is 20.2 Å². The lowest BCUT2D eigenvalue weighted by molar-refractivity contribution is -0.788. The Labute approximate surface area is 215 Å². The summed E-state index contributed by atoms with van der Waals surface area (Å²) in [5.74, 6) is -2.32. The van der Waals surface area contributed by atoms with E-state index in [1.165, 1.54) is 49.4 Å². The van der Waals surface area contributed by atoms with E-state index in [4.69, 9.17) is 14.2 Å². The zero-order valence-corrected chi connectivity index (χ0v) is 20.8. The molecule has 2 aromatic carbocycles. The molecule has 0 radical (unpaired) electrons. The molecule has 0 aliphatic carbocycles. The molecule has 0 amide bonds. The molecule has 0 aromatic heterocycles. The van der Waals surface area contributed by atoms with Gasteiger partial charge in [0.05, 0.1) is 5.56 Å². The van der Waals surface area contributed by atoms with Crippen molar-refractivity contribution in [2.45, 2.75) is 31.8 Å². The molecule has 0 aliphatic heterocycles. The van der Waals surface area contributed by atoms with E-state index >= 15 is 0 Å². The Bertz CT molecular complexity index is 1080. The number of hydrogen-bond acceptors (Lipinski definition) is 13. The fourth-order valence-corrected chi connectivity index (χ4v) is 3.29. The first-order chi connectivity index (χ1) is 17.7. The van der Waals surface area contributed by atoms with Gasteiger partial charge in [-0.15, -0.1) is 32.0 Å². The van der Waals surface area contributed by atoms with Gasteiger partial charge in [-0.3, -0.25) is 4.79 Å². The quantitative estimate of drug-likeness (QED) is 0.0899. The number of rotatable bonds is 13. The zero-order valence-electron chi connectivity index (χ0n) is 20.0. The van der Waals surface area contributed by atoms with Crippen molar-refractivity contribution < 1.29 is 48.4 Å². The van der Waals surface area contributed by atoms with E-state index in [-0.39, 0.29) is 22.6 Å². The van der Waals surface area contributed by atoms with Crippen LogP contribution in [0.1, 0.15) is 41.5 Å². The van der Waals surface area contributed by atoms with Crippen LogP contribution in [0.4, 0.5) is 0 Å². The van der Waals surface area contributed by atoms with Gasteiger partial charge in [0.15, 0.2) is 0 Å². The smallest absolute Gasteiger partial charge is 0.344 e. The predicted octanol–water partition coefficient (Wildman–Crippen LogP) is 3.49. The van der Waals surface area contributed by atoms with Gasteiger partial charge in [0, 0.05) is 17.6 Å². The lowest BCUT2D eigenvalue weighted by atomic mass is 10.2. The predicted molar refractivity (Wildman–Crippen MR) is 127 cm³/mol. The third-order valence-electron chi connectivity index (χ3n) is 3.87. The third-order valence-corrected chi connectivity index (χ3v) is 5.01. The van der Waals surface area contributed by atoms with Gasteiger partial charge in [0.2, 0.25) is 6.79 Å². The van der Waals surface area contributed by atoms with Gasteiger partial charge in [0.25, 0.3) is 10.2 Å². The number of thioether (sulfide) groups is 1. The fraction of sp³-hybridized carbons (Fsp3) is 0.318. The molecule has 37 heavy (non-hydrogen) atoms. The highest BCUT2D eigenvalue weighted by molar-refractivity contribution is 7.99. The van der Waals surface area contributed by atoms with E-state index in [9.17, 15) is 34.6 Å². The highest BCUT2D eigenvalue weighted by Gasteiger charge is 2.18. The van der Waals surface area contributed by atoms with Crippen molar-refractivity contribution in [1.29, 1.82) is 0 Å². The Morgan fingerprint density at radius 2 is 1.54 bits per heavy atom. The summed E-state index contributed by atoms with van der Waals surface area (Å²) in [6, 6.07) is 11.7. The van der Waals surface area contributed by atoms with E-state index in [2.05, 4.69) is 9.68 Å². The molecule has 0 heterocycles. The van der Waals surface area contributed by atoms with Crippen LogP contribution in [0.25, 0.3) is 0 Å². The van der Waals surface area contributed by atoms with E-state index in [1.807, 2.05) is 13.8 Å². The number of nitrogens with zero attached hydrogens (tertiary/aromatic N) is 2. The first-order valence-electron chi connectivity index (χ1n) is 10.6. The Morgan fingerprint density at radius 3 is 2.14 bits per heavy atom. The van der Waals surface area contributed by atoms with Gasteiger partial charge >= 0.3 is 17.9 Å². The van der Waals surface area contributed by atoms with Crippen LogP contribution in [0.5, 0.6) is 5.75 Å². The summed E-state index contributed by atoms with van der Waals surface area (Å²) in [6.07, 6.45) is -1.19. The standard InChI is InChI=1S/C20H18N2O12S.C2H6/c1-13(23)33-18-5-3-2-4-17(18)20(25)31-12-30-19(24)14-6-8-16(9-7-14)35-11-15(34-22(28)29)10-32-21(26)27;1-2/h2-9,15H,10-12H2,1H3;1-2H3. The Balaban J connectivity index is 0.00000334. The second-order valence-corrected chi connectivity index (χ2v) is 7.47. The lowest BCUT2D eigenvalue weighted by Crippen LogP contribution is -2.26. The SMILES string of the molecule is CC.CC(=O)Oc1ccccc1C(=O)OCOC(=O)c1ccc(SCC(CO[N+](=O)[O-])O[N+](=O)[O-])cc1. The average Bonchev–Trinajstić information content (AvgIpc) is 2.86. The van der Waals surface area contributed by atoms with Crippen molar-refractivity contribution in [1.82, 2.24) is 0 Å². The third kappa shape index (κ3) is 11.7. The van der Waals surface area contributed by atoms with Crippen LogP contribution < -0.4 is 4.74 Å². The summed E-state index contributed by atoms with van der Waals surface area (Å²) in [5, 5.41) is 18.6. The van der Waals surface area contributed by atoms with Crippen molar-refractivity contribution in [3.8, 4) is 5.75 Å². The molecule has 0 fully saturated rings. The fourth-order valence-electron chi connectivity index (χ4n) is 2.43. The lowest BCUT2D eigenvalue weighted by Gasteiger charge is -2.13. The van der Waals surface area contributed by atoms with Gasteiger partial charge in [-0.05, 0) is 36.4 Å². The number of ether oxygens (including phenoxy) is 3. The molecule has 0 aliphatic rings. The number of carbonyl (C=O) groups excluding carboxylic acids is 3. The highest BCUT2D eigenvalue weighted by atomic mass is 32.2. The molecular formula is C22H24N2O12S. The van der Waals surface area contributed by atoms with Crippen molar-refractivity contribution in [2.75, 3.05) is 19.2 Å². The maximum Gasteiger partial charge on any atom is 0.344 e. The topological polar surface area (TPSA) is 184 Å². The summed E-state index contributed by atoms with van der Waals surface area (Å²) in [5.41, 5.74) is 0.101. The molecular weight excluding hydrogens is 516 g/mol. The Morgan fingerprint density at radius 1 is 0.919 bits per heavy atom. The Kier molecular flexibility index (Phi) is 13.5. The average molecular weight is 541 g/mol. The summed E-state index contributed by atoms with van der Waals surface area (Å²) in [6.45, 7) is 3.85. The molecule has 0 spiro atoms. The molecule has 2 rings (SSSR count). The molecule has 0 N–H and O–H groups in total. The first-order valence-corrected chi connectivity index (χ1v) is 11.6. The van der Waals surface area contributed by atoms with Crippen molar-refractivity contribution >= 4 is 29.7 Å². The second kappa shape index (κ2) is 16.3. The summed E-state index contributed by atoms with van der Waals surface area (Å²) in [7, 11) is 0. The van der Waals surface area contributed by atoms with E-state index in [0.717, 1.165) is 11.8 Å². The molecule has 0 bridgehead atoms. The number of hydrogen-bond donors (Lipinski definition) is 0. The van der Waals surface area contributed by atoms with E-state index in [1.54, 1.807) is 6.07 Å². The number of esters is 3. The van der Waals surface area contributed by atoms with Gasteiger partial charge in [-0.1, -0.05) is 26.0 Å². The minimum atomic E-state index is -1.19. The minimum Gasteiger partial charge on any atom is -0.426 e. The zero-order chi connectivity index (χ0) is 27.8. The molecule has 1 unspecified atom stereocenters. The normalized spacial score (nSPS) is 10.6. The van der Waals surface area contributed by atoms with Crippen molar-refractivity contribution in [3.63, 3.8) is 0 Å². The molecule has 15 heteroatoms. The monoisotopic (exact) mass is 540 g/mol. The van der Waals surface area contributed by atoms with Gasteiger partial charge in [-0.2, -0.15) is 0 Å². The highest BCUT2D eigenvalue weighted by Crippen LogP contribution is 2.21. The van der Waals surface area contributed by atoms with Crippen LogP contribution >= 0.6 is 11.8 Å². The number of carbonyl (C=O) groups is 3. The van der Waals surface area contributed by atoms with Crippen molar-refractivity contribution in [2.24, 2.45) is 0 Å². The van der Waals surface area contributed by atoms with Gasteiger partial charge in [0.1, 0.15) is 24.0 Å². The van der Waals surface area contributed by atoms with E-state index in [0.29, 0.717) is 4.90 Å². The molecule has 0 saturated heterocycles. The minimum absolute atomic E-state index is 0.000194. The van der Waals surface area contributed by atoms with Gasteiger partial charge < -0.3 is 23.9 Å². The van der Waals surface area contributed by atoms with Crippen LogP contribution in [-0.2, 0) is 23.9 Å². The molecule has 14 nitrogen and oxygen atoms in total. The Hall–Kier alpha value is -4.40. The summed E-state index contributed by atoms with van der Waals surface area (Å²) in [4.78, 5) is 65.3. The number of para-hydroxylation sites is 1. The van der Waals surface area contributed by atoms with Gasteiger partial charge in [-0.25, -0.2) is 9.59 Å². The molecule has 200 valence electrons. The van der Waals surface area contributed by atoms with E-state index < -0.39 is 47.6 Å². The first kappa shape index (κ1) is 30.6.